The molecule has 3 unspecified atom stereocenters. The molecular weight excluding hydrogens is 240 g/mol. The third-order valence-electron chi connectivity index (χ3n) is 5.58. The number of aliphatic hydroxyl groups excluding tert-OH is 1. The fourth-order valence-electron chi connectivity index (χ4n) is 4.10. The average molecular weight is 266 g/mol. The van der Waals surface area contributed by atoms with Gasteiger partial charge in [0.05, 0.1) is 0 Å². The van der Waals surface area contributed by atoms with Crippen LogP contribution in [0.15, 0.2) is 0 Å². The lowest BCUT2D eigenvalue weighted by Crippen LogP contribution is -2.45. The minimum atomic E-state index is 0.213. The highest BCUT2D eigenvalue weighted by Gasteiger charge is 2.57. The Labute approximate surface area is 115 Å². The van der Waals surface area contributed by atoms with Crippen LogP contribution in [-0.4, -0.2) is 36.8 Å². The quantitative estimate of drug-likeness (QED) is 0.715. The van der Waals surface area contributed by atoms with Crippen molar-refractivity contribution in [2.75, 3.05) is 19.7 Å². The predicted molar refractivity (Wildman–Crippen MR) is 73.6 cm³/mol. The molecule has 1 amide bonds. The number of rotatable bonds is 3. The lowest BCUT2D eigenvalue weighted by atomic mass is 9.84. The first-order chi connectivity index (χ1) is 9.25. The second-order valence-corrected chi connectivity index (χ2v) is 6.71. The van der Waals surface area contributed by atoms with Crippen LogP contribution in [0.25, 0.3) is 0 Å². The molecule has 0 aromatic rings. The molecule has 0 radical (unpaired) electrons. The van der Waals surface area contributed by atoms with Crippen LogP contribution in [0.5, 0.6) is 0 Å². The summed E-state index contributed by atoms with van der Waals surface area (Å²) in [6.45, 7) is 2.34. The first-order valence-electron chi connectivity index (χ1n) is 7.87. The topological polar surface area (TPSA) is 61.4 Å². The smallest absolute Gasteiger partial charge is 0.223 e. The van der Waals surface area contributed by atoms with E-state index in [9.17, 15) is 9.90 Å². The van der Waals surface area contributed by atoms with Crippen molar-refractivity contribution in [3.05, 3.63) is 0 Å². The summed E-state index contributed by atoms with van der Waals surface area (Å²) in [6, 6.07) is 0.214. The number of hydrogen-bond donors (Lipinski definition) is 3. The Morgan fingerprint density at radius 1 is 1.26 bits per heavy atom. The fourth-order valence-corrected chi connectivity index (χ4v) is 4.10. The first-order valence-corrected chi connectivity index (χ1v) is 7.87. The standard InChI is InChI=1S/C15H26N2O2/c18-10-11-3-1-2-4-13(11)17-14(19)12-9-15(12)5-7-16-8-6-15/h11-13,16,18H,1-10H2,(H,17,19). The van der Waals surface area contributed by atoms with Crippen molar-refractivity contribution >= 4 is 5.91 Å². The summed E-state index contributed by atoms with van der Waals surface area (Å²) in [5.74, 6) is 0.781. The van der Waals surface area contributed by atoms with Gasteiger partial charge in [-0.1, -0.05) is 12.8 Å². The molecule has 4 heteroatoms. The third-order valence-corrected chi connectivity index (χ3v) is 5.58. The summed E-state index contributed by atoms with van der Waals surface area (Å²) >= 11 is 0. The van der Waals surface area contributed by atoms with Gasteiger partial charge in [0.1, 0.15) is 0 Å². The van der Waals surface area contributed by atoms with Gasteiger partial charge in [-0.25, -0.2) is 0 Å². The van der Waals surface area contributed by atoms with Crippen LogP contribution in [0, 0.1) is 17.3 Å². The van der Waals surface area contributed by atoms with Crippen LogP contribution in [0.3, 0.4) is 0 Å². The second-order valence-electron chi connectivity index (χ2n) is 6.71. The van der Waals surface area contributed by atoms with E-state index < -0.39 is 0 Å². The highest BCUT2D eigenvalue weighted by atomic mass is 16.3. The Hall–Kier alpha value is -0.610. The van der Waals surface area contributed by atoms with Gasteiger partial charge in [0.15, 0.2) is 0 Å². The van der Waals surface area contributed by atoms with Gasteiger partial charge in [-0.3, -0.25) is 4.79 Å². The Morgan fingerprint density at radius 3 is 2.74 bits per heavy atom. The van der Waals surface area contributed by atoms with Crippen LogP contribution in [0.2, 0.25) is 0 Å². The molecule has 1 heterocycles. The van der Waals surface area contributed by atoms with Gasteiger partial charge in [0.2, 0.25) is 5.91 Å². The zero-order chi connectivity index (χ0) is 13.3. The minimum absolute atomic E-state index is 0.213. The molecule has 0 bridgehead atoms. The van der Waals surface area contributed by atoms with Crippen LogP contribution < -0.4 is 10.6 Å². The number of piperidine rings is 1. The van der Waals surface area contributed by atoms with Crippen molar-refractivity contribution in [1.82, 2.24) is 10.6 Å². The molecule has 3 rings (SSSR count). The fraction of sp³-hybridized carbons (Fsp3) is 0.933. The van der Waals surface area contributed by atoms with Crippen LogP contribution in [0.1, 0.15) is 44.9 Å². The molecule has 108 valence electrons. The summed E-state index contributed by atoms with van der Waals surface area (Å²) in [4.78, 5) is 12.4. The summed E-state index contributed by atoms with van der Waals surface area (Å²) in [5.41, 5.74) is 0.318. The summed E-state index contributed by atoms with van der Waals surface area (Å²) in [5, 5.41) is 16.0. The van der Waals surface area contributed by atoms with E-state index in [-0.39, 0.29) is 30.4 Å². The molecule has 1 spiro atoms. The zero-order valence-electron chi connectivity index (χ0n) is 11.7. The lowest BCUT2D eigenvalue weighted by molar-refractivity contribution is -0.124. The number of nitrogens with one attached hydrogen (secondary N) is 2. The van der Waals surface area contributed by atoms with Crippen molar-refractivity contribution in [2.24, 2.45) is 17.3 Å². The number of carbonyl (C=O) groups excluding carboxylic acids is 1. The van der Waals surface area contributed by atoms with Crippen molar-refractivity contribution in [2.45, 2.75) is 51.0 Å². The van der Waals surface area contributed by atoms with E-state index >= 15 is 0 Å². The SMILES string of the molecule is O=C(NC1CCCCC1CO)C1CC12CCNCC2. The van der Waals surface area contributed by atoms with E-state index in [1.54, 1.807) is 0 Å². The summed E-state index contributed by atoms with van der Waals surface area (Å²) in [6.07, 6.45) is 7.85. The van der Waals surface area contributed by atoms with E-state index in [1.807, 2.05) is 0 Å². The second kappa shape index (κ2) is 5.41. The Morgan fingerprint density at radius 2 is 2.00 bits per heavy atom. The summed E-state index contributed by atoms with van der Waals surface area (Å²) in [7, 11) is 0. The molecule has 3 atom stereocenters. The van der Waals surface area contributed by atoms with Gasteiger partial charge >= 0.3 is 0 Å². The predicted octanol–water partition coefficient (Wildman–Crippen LogP) is 1.04. The molecule has 3 N–H and O–H groups in total. The maximum Gasteiger partial charge on any atom is 0.223 e. The maximum atomic E-state index is 12.4. The van der Waals surface area contributed by atoms with Crippen molar-refractivity contribution in [3.8, 4) is 0 Å². The molecule has 1 saturated heterocycles. The molecular formula is C15H26N2O2. The van der Waals surface area contributed by atoms with Gasteiger partial charge in [-0.2, -0.15) is 0 Å². The zero-order valence-corrected chi connectivity index (χ0v) is 11.7. The first kappa shape index (κ1) is 13.4. The molecule has 2 aliphatic carbocycles. The van der Waals surface area contributed by atoms with Gasteiger partial charge < -0.3 is 15.7 Å². The van der Waals surface area contributed by atoms with E-state index in [2.05, 4.69) is 10.6 Å². The van der Waals surface area contributed by atoms with Gasteiger partial charge in [-0.15, -0.1) is 0 Å². The average Bonchev–Trinajstić information content (AvgIpc) is 3.14. The van der Waals surface area contributed by atoms with Gasteiger partial charge in [-0.05, 0) is 50.6 Å². The molecule has 19 heavy (non-hydrogen) atoms. The maximum absolute atomic E-state index is 12.4. The number of carbonyl (C=O) groups is 1. The van der Waals surface area contributed by atoms with E-state index in [4.69, 9.17) is 0 Å². The highest BCUT2D eigenvalue weighted by Crippen LogP contribution is 2.58. The van der Waals surface area contributed by atoms with E-state index in [1.165, 1.54) is 12.8 Å². The highest BCUT2D eigenvalue weighted by molar-refractivity contribution is 5.83. The molecule has 4 nitrogen and oxygen atoms in total. The van der Waals surface area contributed by atoms with Crippen molar-refractivity contribution < 1.29 is 9.90 Å². The van der Waals surface area contributed by atoms with Crippen molar-refractivity contribution in [1.29, 1.82) is 0 Å². The summed E-state index contributed by atoms with van der Waals surface area (Å²) < 4.78 is 0. The van der Waals surface area contributed by atoms with E-state index in [0.717, 1.165) is 45.2 Å². The van der Waals surface area contributed by atoms with E-state index in [0.29, 0.717) is 5.41 Å². The Kier molecular flexibility index (Phi) is 3.81. The van der Waals surface area contributed by atoms with Crippen LogP contribution >= 0.6 is 0 Å². The Balaban J connectivity index is 1.54. The molecule has 3 fully saturated rings. The Bertz CT molecular complexity index is 339. The monoisotopic (exact) mass is 266 g/mol. The molecule has 2 saturated carbocycles. The van der Waals surface area contributed by atoms with Crippen molar-refractivity contribution in [3.63, 3.8) is 0 Å². The molecule has 0 aromatic carbocycles. The molecule has 3 aliphatic rings. The largest absolute Gasteiger partial charge is 0.396 e. The number of hydrogen-bond acceptors (Lipinski definition) is 3. The van der Waals surface area contributed by atoms with Crippen LogP contribution in [0.4, 0.5) is 0 Å². The normalized spacial score (nSPS) is 37.0. The number of aliphatic hydroxyl groups is 1. The molecule has 1 aliphatic heterocycles. The minimum Gasteiger partial charge on any atom is -0.396 e. The number of amides is 1. The van der Waals surface area contributed by atoms with Crippen LogP contribution in [-0.2, 0) is 4.79 Å². The van der Waals surface area contributed by atoms with Gasteiger partial charge in [0, 0.05) is 24.5 Å². The molecule has 0 aromatic heterocycles. The lowest BCUT2D eigenvalue weighted by Gasteiger charge is -2.31. The van der Waals surface area contributed by atoms with Gasteiger partial charge in [0.25, 0.3) is 0 Å². The third kappa shape index (κ3) is 2.65.